The second-order valence-electron chi connectivity index (χ2n) is 8.49. The minimum absolute atomic E-state index is 0.0491. The summed E-state index contributed by atoms with van der Waals surface area (Å²) in [6.07, 6.45) is 2.54. The first-order chi connectivity index (χ1) is 17.1. The zero-order valence-electron chi connectivity index (χ0n) is 20.3. The van der Waals surface area contributed by atoms with Crippen molar-refractivity contribution in [3.63, 3.8) is 0 Å². The number of benzene rings is 2. The third-order valence-corrected chi connectivity index (χ3v) is 5.81. The lowest BCUT2D eigenvalue weighted by Crippen LogP contribution is -2.25. The van der Waals surface area contributed by atoms with E-state index in [-0.39, 0.29) is 12.5 Å². The van der Waals surface area contributed by atoms with Crippen LogP contribution in [0.25, 0.3) is 11.4 Å². The number of amides is 1. The van der Waals surface area contributed by atoms with Crippen molar-refractivity contribution < 1.29 is 23.5 Å². The Hall–Kier alpha value is -3.43. The molecule has 2 heterocycles. The average Bonchev–Trinajstić information content (AvgIpc) is 3.56. The lowest BCUT2D eigenvalue weighted by atomic mass is 10.1. The highest BCUT2D eigenvalue weighted by atomic mass is 16.5. The molecular formula is C26H32N4O5. The van der Waals surface area contributed by atoms with Crippen molar-refractivity contribution >= 4 is 5.91 Å². The maximum atomic E-state index is 11.0. The molecule has 0 bridgehead atoms. The van der Waals surface area contributed by atoms with E-state index in [4.69, 9.17) is 18.7 Å². The molecule has 4 rings (SSSR count). The van der Waals surface area contributed by atoms with Gasteiger partial charge in [0.05, 0.1) is 13.7 Å². The molecule has 1 fully saturated rings. The van der Waals surface area contributed by atoms with Crippen LogP contribution in [0.5, 0.6) is 11.5 Å². The van der Waals surface area contributed by atoms with Gasteiger partial charge in [-0.25, -0.2) is 0 Å². The number of hydrogen-bond donors (Lipinski definition) is 1. The number of ether oxygens (including phenoxy) is 3. The number of aromatic nitrogens is 2. The number of carbonyl (C=O) groups excluding carboxylic acids is 1. The summed E-state index contributed by atoms with van der Waals surface area (Å²) < 4.78 is 22.5. The molecule has 0 unspecified atom stereocenters. The first kappa shape index (κ1) is 24.7. The van der Waals surface area contributed by atoms with Crippen LogP contribution in [0.4, 0.5) is 0 Å². The van der Waals surface area contributed by atoms with Crippen LogP contribution in [0.2, 0.25) is 0 Å². The molecule has 35 heavy (non-hydrogen) atoms. The number of hydrogen-bond acceptors (Lipinski definition) is 8. The number of carbonyl (C=O) groups is 1. The molecule has 0 radical (unpaired) electrons. The predicted molar refractivity (Wildman–Crippen MR) is 130 cm³/mol. The summed E-state index contributed by atoms with van der Waals surface area (Å²) in [5, 5.41) is 6.85. The van der Waals surface area contributed by atoms with Crippen molar-refractivity contribution in [3.8, 4) is 22.9 Å². The van der Waals surface area contributed by atoms with Crippen molar-refractivity contribution in [3.05, 3.63) is 59.5 Å². The molecule has 1 saturated heterocycles. The molecule has 2 aromatic carbocycles. The molecule has 1 aliphatic heterocycles. The van der Waals surface area contributed by atoms with Gasteiger partial charge in [-0.05, 0) is 55.3 Å². The summed E-state index contributed by atoms with van der Waals surface area (Å²) in [5.74, 6) is 2.14. The van der Waals surface area contributed by atoms with Crippen LogP contribution in [0.3, 0.4) is 0 Å². The van der Waals surface area contributed by atoms with Gasteiger partial charge < -0.3 is 24.1 Å². The van der Waals surface area contributed by atoms with Crippen LogP contribution in [-0.4, -0.2) is 54.3 Å². The highest BCUT2D eigenvalue weighted by molar-refractivity contribution is 5.72. The number of rotatable bonds is 12. The van der Waals surface area contributed by atoms with E-state index >= 15 is 0 Å². The Morgan fingerprint density at radius 1 is 1.06 bits per heavy atom. The highest BCUT2D eigenvalue weighted by Crippen LogP contribution is 2.31. The van der Waals surface area contributed by atoms with Gasteiger partial charge in [0.1, 0.15) is 13.2 Å². The van der Waals surface area contributed by atoms with Crippen LogP contribution in [0.1, 0.15) is 36.8 Å². The summed E-state index contributed by atoms with van der Waals surface area (Å²) in [5.41, 5.74) is 2.82. The van der Waals surface area contributed by atoms with Crippen molar-refractivity contribution in [2.75, 3.05) is 33.4 Å². The maximum Gasteiger partial charge on any atom is 0.252 e. The molecular weight excluding hydrogens is 448 g/mol. The maximum absolute atomic E-state index is 11.0. The molecule has 0 saturated carbocycles. The smallest absolute Gasteiger partial charge is 0.252 e. The lowest BCUT2D eigenvalue weighted by Gasteiger charge is -2.16. The van der Waals surface area contributed by atoms with E-state index in [1.54, 1.807) is 7.11 Å². The summed E-state index contributed by atoms with van der Waals surface area (Å²) in [6, 6.07) is 13.5. The number of nitrogens with zero attached hydrogens (tertiary/aromatic N) is 3. The quantitative estimate of drug-likeness (QED) is 0.420. The number of likely N-dealkylation sites (tertiary alicyclic amines) is 1. The Morgan fingerprint density at radius 2 is 1.83 bits per heavy atom. The summed E-state index contributed by atoms with van der Waals surface area (Å²) in [4.78, 5) is 17.9. The molecule has 1 N–H and O–H groups in total. The molecule has 1 aliphatic rings. The van der Waals surface area contributed by atoms with Gasteiger partial charge in [0.2, 0.25) is 11.7 Å². The Morgan fingerprint density at radius 3 is 2.57 bits per heavy atom. The van der Waals surface area contributed by atoms with E-state index in [2.05, 4.69) is 20.4 Å². The molecule has 0 aliphatic carbocycles. The van der Waals surface area contributed by atoms with E-state index < -0.39 is 0 Å². The molecule has 1 aromatic heterocycles. The molecule has 1 amide bonds. The number of methoxy groups -OCH3 is 1. The zero-order valence-corrected chi connectivity index (χ0v) is 20.3. The van der Waals surface area contributed by atoms with Crippen molar-refractivity contribution in [2.24, 2.45) is 0 Å². The molecule has 9 heteroatoms. The summed E-state index contributed by atoms with van der Waals surface area (Å²) in [7, 11) is 1.62. The fourth-order valence-electron chi connectivity index (χ4n) is 3.88. The molecule has 186 valence electrons. The second kappa shape index (κ2) is 12.3. The normalized spacial score (nSPS) is 13.7. The van der Waals surface area contributed by atoms with E-state index in [9.17, 15) is 4.79 Å². The first-order valence-corrected chi connectivity index (χ1v) is 11.9. The van der Waals surface area contributed by atoms with Crippen LogP contribution in [0, 0.1) is 0 Å². The van der Waals surface area contributed by atoms with Crippen LogP contribution in [0.15, 0.2) is 47.0 Å². The fraction of sp³-hybridized carbons (Fsp3) is 0.423. The minimum Gasteiger partial charge on any atom is -0.493 e. The predicted octanol–water partition coefficient (Wildman–Crippen LogP) is 3.57. The van der Waals surface area contributed by atoms with Gasteiger partial charge in [-0.1, -0.05) is 29.4 Å². The van der Waals surface area contributed by atoms with Crippen LogP contribution in [-0.2, 0) is 29.3 Å². The molecule has 0 atom stereocenters. The van der Waals surface area contributed by atoms with E-state index in [0.29, 0.717) is 43.0 Å². The Balaban J connectivity index is 1.27. The van der Waals surface area contributed by atoms with Crippen molar-refractivity contribution in [2.45, 2.75) is 39.5 Å². The van der Waals surface area contributed by atoms with Crippen molar-refractivity contribution in [1.29, 1.82) is 0 Å². The lowest BCUT2D eigenvalue weighted by molar-refractivity contribution is -0.119. The van der Waals surface area contributed by atoms with Crippen LogP contribution < -0.4 is 14.8 Å². The van der Waals surface area contributed by atoms with Crippen molar-refractivity contribution in [1.82, 2.24) is 20.4 Å². The van der Waals surface area contributed by atoms with Gasteiger partial charge in [0.25, 0.3) is 5.89 Å². The monoisotopic (exact) mass is 480 g/mol. The minimum atomic E-state index is -0.0491. The van der Waals surface area contributed by atoms with E-state index in [0.717, 1.165) is 36.3 Å². The Bertz CT molecular complexity index is 1090. The van der Waals surface area contributed by atoms with Gasteiger partial charge >= 0.3 is 0 Å². The molecule has 0 spiro atoms. The van der Waals surface area contributed by atoms with Gasteiger partial charge in [-0.2, -0.15) is 4.98 Å². The Labute approximate surface area is 205 Å². The first-order valence-electron chi connectivity index (χ1n) is 11.9. The van der Waals surface area contributed by atoms with Crippen LogP contribution >= 0.6 is 0 Å². The van der Waals surface area contributed by atoms with E-state index in [1.165, 1.54) is 19.8 Å². The largest absolute Gasteiger partial charge is 0.493 e. The van der Waals surface area contributed by atoms with Gasteiger partial charge in [0.15, 0.2) is 11.5 Å². The molecule has 3 aromatic rings. The fourth-order valence-corrected chi connectivity index (χ4v) is 3.88. The third kappa shape index (κ3) is 7.27. The zero-order chi connectivity index (χ0) is 24.5. The second-order valence-corrected chi connectivity index (χ2v) is 8.49. The van der Waals surface area contributed by atoms with Gasteiger partial charge in [0, 0.05) is 25.6 Å². The topological polar surface area (TPSA) is 99.0 Å². The summed E-state index contributed by atoms with van der Waals surface area (Å²) in [6.45, 7) is 6.47. The number of nitrogens with one attached hydrogen (secondary N) is 1. The average molecular weight is 481 g/mol. The highest BCUT2D eigenvalue weighted by Gasteiger charge is 2.14. The van der Waals surface area contributed by atoms with Gasteiger partial charge in [-0.15, -0.1) is 0 Å². The Kier molecular flexibility index (Phi) is 8.69. The molecule has 9 nitrogen and oxygen atoms in total. The summed E-state index contributed by atoms with van der Waals surface area (Å²) >= 11 is 0. The third-order valence-electron chi connectivity index (χ3n) is 5.81. The van der Waals surface area contributed by atoms with E-state index in [1.807, 2.05) is 42.5 Å². The van der Waals surface area contributed by atoms with Gasteiger partial charge in [-0.3, -0.25) is 9.69 Å². The standard InChI is InChI=1S/C26H32N4O5/c1-19(31)27-16-20-5-7-21(8-6-20)17-33-18-25-28-26(29-35-25)22-9-10-23(24(15-22)32-2)34-14-13-30-11-3-4-12-30/h5-10,15H,3-4,11-14,16-18H2,1-2H3,(H,27,31). The SMILES string of the molecule is COc1cc(-c2noc(COCc3ccc(CNC(C)=O)cc3)n2)ccc1OCCN1CCCC1.